The Balaban J connectivity index is 0.000000541. The number of hydrogen-bond acceptors (Lipinski definition) is 3. The maximum atomic E-state index is 9.90. The van der Waals surface area contributed by atoms with Crippen LogP contribution >= 0.6 is 0 Å². The maximum Gasteiger partial charge on any atom is 0.119 e. The van der Waals surface area contributed by atoms with Crippen LogP contribution in [0.25, 0.3) is 0 Å². The lowest BCUT2D eigenvalue weighted by molar-refractivity contribution is -0.0649. The molecule has 1 aliphatic rings. The molecule has 0 heterocycles. The van der Waals surface area contributed by atoms with E-state index in [2.05, 4.69) is 26.8 Å². The molecule has 1 aliphatic carbocycles. The van der Waals surface area contributed by atoms with E-state index >= 15 is 0 Å². The molecule has 0 fully saturated rings. The Morgan fingerprint density at radius 2 is 1.86 bits per heavy atom. The molecule has 0 amide bonds. The molecule has 2 rings (SSSR count). The third-order valence-electron chi connectivity index (χ3n) is 4.36. The molecular formula is C19H32O3. The summed E-state index contributed by atoms with van der Waals surface area (Å²) in [4.78, 5) is 0. The van der Waals surface area contributed by atoms with Crippen molar-refractivity contribution in [3.8, 4) is 5.75 Å². The monoisotopic (exact) mass is 308 g/mol. The maximum absolute atomic E-state index is 9.90. The molecule has 1 aromatic carbocycles. The molecule has 0 aliphatic heterocycles. The molecule has 0 bridgehead atoms. The molecule has 0 spiro atoms. The Hall–Kier alpha value is -1.06. The van der Waals surface area contributed by atoms with Crippen LogP contribution in [-0.2, 0) is 17.6 Å². The SMILES string of the molecule is CCC(CO)O[C@@H]1Cc2c(O)cccc2C[C@H]1C.CCCC. The molecule has 126 valence electrons. The summed E-state index contributed by atoms with van der Waals surface area (Å²) in [5.74, 6) is 0.782. The molecule has 2 N–H and O–H groups in total. The van der Waals surface area contributed by atoms with Gasteiger partial charge in [0.1, 0.15) is 5.75 Å². The molecule has 0 saturated carbocycles. The van der Waals surface area contributed by atoms with Gasteiger partial charge in [-0.1, -0.05) is 52.7 Å². The zero-order chi connectivity index (χ0) is 16.5. The summed E-state index contributed by atoms with van der Waals surface area (Å²) in [6, 6.07) is 5.70. The average Bonchev–Trinajstić information content (AvgIpc) is 2.53. The lowest BCUT2D eigenvalue weighted by Gasteiger charge is -2.33. The van der Waals surface area contributed by atoms with Crippen molar-refractivity contribution in [2.75, 3.05) is 6.61 Å². The molecule has 0 saturated heterocycles. The minimum Gasteiger partial charge on any atom is -0.508 e. The number of phenolic OH excluding ortho intramolecular Hbond substituents is 1. The molecule has 1 aromatic rings. The van der Waals surface area contributed by atoms with E-state index in [4.69, 9.17) is 4.74 Å². The van der Waals surface area contributed by atoms with Gasteiger partial charge >= 0.3 is 0 Å². The van der Waals surface area contributed by atoms with Gasteiger partial charge < -0.3 is 14.9 Å². The van der Waals surface area contributed by atoms with Crippen molar-refractivity contribution in [1.82, 2.24) is 0 Å². The van der Waals surface area contributed by atoms with Crippen LogP contribution in [0.4, 0.5) is 0 Å². The highest BCUT2D eigenvalue weighted by molar-refractivity contribution is 5.41. The second-order valence-electron chi connectivity index (χ2n) is 6.19. The lowest BCUT2D eigenvalue weighted by Crippen LogP contribution is -2.35. The van der Waals surface area contributed by atoms with Crippen molar-refractivity contribution >= 4 is 0 Å². The fraction of sp³-hybridized carbons (Fsp3) is 0.684. The van der Waals surface area contributed by atoms with Crippen LogP contribution in [0.5, 0.6) is 5.75 Å². The van der Waals surface area contributed by atoms with Crippen LogP contribution in [0.2, 0.25) is 0 Å². The topological polar surface area (TPSA) is 49.7 Å². The summed E-state index contributed by atoms with van der Waals surface area (Å²) in [6.07, 6.45) is 5.11. The first kappa shape index (κ1) is 19.0. The summed E-state index contributed by atoms with van der Waals surface area (Å²) < 4.78 is 5.95. The Bertz CT molecular complexity index is 425. The molecule has 3 atom stereocenters. The van der Waals surface area contributed by atoms with Crippen LogP contribution in [-0.4, -0.2) is 29.0 Å². The van der Waals surface area contributed by atoms with Crippen molar-refractivity contribution in [2.24, 2.45) is 5.92 Å². The summed E-state index contributed by atoms with van der Waals surface area (Å²) in [7, 11) is 0. The lowest BCUT2D eigenvalue weighted by atomic mass is 9.82. The number of aliphatic hydroxyl groups is 1. The molecule has 0 radical (unpaired) electrons. The predicted octanol–water partition coefficient (Wildman–Crippen LogP) is 4.09. The smallest absolute Gasteiger partial charge is 0.119 e. The highest BCUT2D eigenvalue weighted by Crippen LogP contribution is 2.33. The molecule has 1 unspecified atom stereocenters. The van der Waals surface area contributed by atoms with E-state index in [1.54, 1.807) is 6.07 Å². The van der Waals surface area contributed by atoms with Crippen molar-refractivity contribution in [3.63, 3.8) is 0 Å². The van der Waals surface area contributed by atoms with E-state index in [0.717, 1.165) is 24.8 Å². The van der Waals surface area contributed by atoms with E-state index in [1.165, 1.54) is 18.4 Å². The number of ether oxygens (including phenoxy) is 1. The van der Waals surface area contributed by atoms with Gasteiger partial charge in [-0.15, -0.1) is 0 Å². The standard InChI is InChI=1S/C15H22O3.C4H10/c1-3-12(9-16)18-15-8-13-11(7-10(15)2)5-4-6-14(13)17;1-3-4-2/h4-6,10,12,15-17H,3,7-9H2,1-2H3;3-4H2,1-2H3/t10-,12?,15-;/m1./s1. The zero-order valence-electron chi connectivity index (χ0n) is 14.5. The van der Waals surface area contributed by atoms with Gasteiger partial charge in [-0.2, -0.15) is 0 Å². The summed E-state index contributed by atoms with van der Waals surface area (Å²) in [5.41, 5.74) is 2.23. The van der Waals surface area contributed by atoms with E-state index in [0.29, 0.717) is 11.7 Å². The summed E-state index contributed by atoms with van der Waals surface area (Å²) >= 11 is 0. The van der Waals surface area contributed by atoms with Gasteiger partial charge in [0.15, 0.2) is 0 Å². The van der Waals surface area contributed by atoms with Crippen molar-refractivity contribution < 1.29 is 14.9 Å². The van der Waals surface area contributed by atoms with Crippen LogP contribution in [0, 0.1) is 5.92 Å². The molecular weight excluding hydrogens is 276 g/mol. The first-order valence-corrected chi connectivity index (χ1v) is 8.63. The fourth-order valence-corrected chi connectivity index (χ4v) is 2.63. The second-order valence-corrected chi connectivity index (χ2v) is 6.19. The number of phenols is 1. The predicted molar refractivity (Wildman–Crippen MR) is 91.3 cm³/mol. The van der Waals surface area contributed by atoms with Crippen molar-refractivity contribution in [2.45, 2.75) is 72.0 Å². The van der Waals surface area contributed by atoms with Crippen molar-refractivity contribution in [1.29, 1.82) is 0 Å². The summed E-state index contributed by atoms with van der Waals surface area (Å²) in [6.45, 7) is 8.61. The third kappa shape index (κ3) is 5.29. The second kappa shape index (κ2) is 9.86. The number of rotatable bonds is 5. The quantitative estimate of drug-likeness (QED) is 0.861. The highest BCUT2D eigenvalue weighted by atomic mass is 16.5. The number of aromatic hydroxyl groups is 1. The Kier molecular flexibility index (Phi) is 8.51. The van der Waals surface area contributed by atoms with Gasteiger partial charge in [0.05, 0.1) is 18.8 Å². The van der Waals surface area contributed by atoms with Gasteiger partial charge in [-0.25, -0.2) is 0 Å². The first-order chi connectivity index (χ1) is 10.6. The Morgan fingerprint density at radius 3 is 2.41 bits per heavy atom. The van der Waals surface area contributed by atoms with E-state index in [-0.39, 0.29) is 18.8 Å². The van der Waals surface area contributed by atoms with Gasteiger partial charge in [0.25, 0.3) is 0 Å². The van der Waals surface area contributed by atoms with Gasteiger partial charge in [0.2, 0.25) is 0 Å². The van der Waals surface area contributed by atoms with Crippen LogP contribution in [0.1, 0.15) is 58.1 Å². The van der Waals surface area contributed by atoms with Crippen molar-refractivity contribution in [3.05, 3.63) is 29.3 Å². The molecule has 3 heteroatoms. The van der Waals surface area contributed by atoms with Gasteiger partial charge in [-0.3, -0.25) is 0 Å². The zero-order valence-corrected chi connectivity index (χ0v) is 14.5. The van der Waals surface area contributed by atoms with Gasteiger partial charge in [-0.05, 0) is 36.0 Å². The van der Waals surface area contributed by atoms with Crippen LogP contribution < -0.4 is 0 Å². The number of unbranched alkanes of at least 4 members (excludes halogenated alkanes) is 1. The average molecular weight is 308 g/mol. The molecule has 0 aromatic heterocycles. The van der Waals surface area contributed by atoms with Crippen LogP contribution in [0.3, 0.4) is 0 Å². The van der Waals surface area contributed by atoms with Crippen LogP contribution in [0.15, 0.2) is 18.2 Å². The molecule has 22 heavy (non-hydrogen) atoms. The molecule has 3 nitrogen and oxygen atoms in total. The number of fused-ring (bicyclic) bond motifs is 1. The number of aliphatic hydroxyl groups excluding tert-OH is 1. The highest BCUT2D eigenvalue weighted by Gasteiger charge is 2.29. The first-order valence-electron chi connectivity index (χ1n) is 8.63. The number of benzene rings is 1. The minimum absolute atomic E-state index is 0.0628. The summed E-state index contributed by atoms with van der Waals surface area (Å²) in [5, 5.41) is 19.1. The Morgan fingerprint density at radius 1 is 1.18 bits per heavy atom. The normalized spacial score (nSPS) is 21.5. The van der Waals surface area contributed by atoms with E-state index in [1.807, 2.05) is 13.0 Å². The minimum atomic E-state index is -0.0927. The third-order valence-corrected chi connectivity index (χ3v) is 4.36. The largest absolute Gasteiger partial charge is 0.508 e. The van der Waals surface area contributed by atoms with E-state index in [9.17, 15) is 10.2 Å². The fourth-order valence-electron chi connectivity index (χ4n) is 2.63. The van der Waals surface area contributed by atoms with Gasteiger partial charge in [0, 0.05) is 6.42 Å². The number of hydrogen-bond donors (Lipinski definition) is 2. The Labute approximate surface area is 135 Å². The van der Waals surface area contributed by atoms with E-state index < -0.39 is 0 Å².